The summed E-state index contributed by atoms with van der Waals surface area (Å²) in [5.41, 5.74) is 2.08. The van der Waals surface area contributed by atoms with Crippen molar-refractivity contribution in [2.45, 2.75) is 58.2 Å². The van der Waals surface area contributed by atoms with E-state index in [2.05, 4.69) is 17.9 Å². The largest absolute Gasteiger partial charge is 0.490 e. The number of rotatable bonds is 2. The number of hydrogen-bond donors (Lipinski definition) is 1. The Labute approximate surface area is 137 Å². The van der Waals surface area contributed by atoms with E-state index >= 15 is 0 Å². The van der Waals surface area contributed by atoms with Crippen LogP contribution in [0.5, 0.6) is 5.75 Å². The fraction of sp³-hybridized carbons (Fsp3) is 0.611. The molecule has 0 aliphatic carbocycles. The van der Waals surface area contributed by atoms with Gasteiger partial charge in [0.2, 0.25) is 0 Å². The number of nitrogens with zero attached hydrogens (tertiary/aromatic N) is 2. The van der Waals surface area contributed by atoms with E-state index in [0.29, 0.717) is 0 Å². The van der Waals surface area contributed by atoms with Gasteiger partial charge >= 0.3 is 6.09 Å². The molecule has 126 valence electrons. The first-order valence-corrected chi connectivity index (χ1v) is 8.33. The molecule has 1 aromatic carbocycles. The lowest BCUT2D eigenvalue weighted by molar-refractivity contribution is 0.0763. The average Bonchev–Trinajstić information content (AvgIpc) is 3.01. The third kappa shape index (κ3) is 2.96. The smallest absolute Gasteiger partial charge is 0.408 e. The topological polar surface area (TPSA) is 53.0 Å². The van der Waals surface area contributed by atoms with Gasteiger partial charge in [-0.25, -0.2) is 4.79 Å². The molecule has 0 spiro atoms. The van der Waals surface area contributed by atoms with E-state index < -0.39 is 6.09 Å². The number of hydrogen-bond acceptors (Lipinski definition) is 3. The van der Waals surface area contributed by atoms with E-state index in [4.69, 9.17) is 4.74 Å². The van der Waals surface area contributed by atoms with Crippen molar-refractivity contribution in [1.29, 1.82) is 0 Å². The van der Waals surface area contributed by atoms with Crippen LogP contribution in [0.1, 0.15) is 39.7 Å². The number of amides is 1. The molecular weight excluding hydrogens is 292 g/mol. The molecule has 0 bridgehead atoms. The molecule has 1 fully saturated rings. The van der Waals surface area contributed by atoms with Crippen molar-refractivity contribution in [3.05, 3.63) is 23.8 Å². The van der Waals surface area contributed by atoms with Crippen molar-refractivity contribution < 1.29 is 14.6 Å². The molecule has 1 unspecified atom stereocenters. The Bertz CT molecular complexity index is 609. The molecule has 1 aromatic rings. The molecule has 3 rings (SSSR count). The highest BCUT2D eigenvalue weighted by molar-refractivity contribution is 5.67. The molecule has 0 aromatic heterocycles. The highest BCUT2D eigenvalue weighted by atomic mass is 16.5. The van der Waals surface area contributed by atoms with E-state index in [-0.39, 0.29) is 17.7 Å². The summed E-state index contributed by atoms with van der Waals surface area (Å²) in [6.07, 6.45) is 1.17. The van der Waals surface area contributed by atoms with Gasteiger partial charge in [-0.2, -0.15) is 0 Å². The maximum Gasteiger partial charge on any atom is 0.408 e. The van der Waals surface area contributed by atoms with E-state index in [9.17, 15) is 9.90 Å². The second-order valence-electron chi connectivity index (χ2n) is 7.60. The van der Waals surface area contributed by atoms with Gasteiger partial charge in [0.05, 0.1) is 6.04 Å². The van der Waals surface area contributed by atoms with Crippen molar-refractivity contribution in [1.82, 2.24) is 4.90 Å². The number of carboxylic acid groups (broad SMARTS) is 1. The van der Waals surface area contributed by atoms with Crippen molar-refractivity contribution >= 4 is 11.8 Å². The summed E-state index contributed by atoms with van der Waals surface area (Å²) in [5.74, 6) is 0.976. The van der Waals surface area contributed by atoms with Crippen LogP contribution in [0.15, 0.2) is 18.2 Å². The summed E-state index contributed by atoms with van der Waals surface area (Å²) in [4.78, 5) is 15.6. The molecule has 1 amide bonds. The molecule has 5 heteroatoms. The Kier molecular flexibility index (Phi) is 3.90. The molecule has 2 atom stereocenters. The van der Waals surface area contributed by atoms with Crippen molar-refractivity contribution in [3.8, 4) is 5.75 Å². The molecule has 1 N–H and O–H groups in total. The normalized spacial score (nSPS) is 23.6. The predicted molar refractivity (Wildman–Crippen MR) is 90.5 cm³/mol. The lowest BCUT2D eigenvalue weighted by atomic mass is 10.0. The Morgan fingerprint density at radius 2 is 2.13 bits per heavy atom. The summed E-state index contributed by atoms with van der Waals surface area (Å²) in [6, 6.07) is 6.21. The number of benzene rings is 1. The summed E-state index contributed by atoms with van der Waals surface area (Å²) in [5, 5.41) is 9.60. The van der Waals surface area contributed by atoms with Gasteiger partial charge in [-0.15, -0.1) is 0 Å². The zero-order chi connectivity index (χ0) is 16.8. The first kappa shape index (κ1) is 16.0. The summed E-state index contributed by atoms with van der Waals surface area (Å²) >= 11 is 0. The Morgan fingerprint density at radius 3 is 2.78 bits per heavy atom. The van der Waals surface area contributed by atoms with Gasteiger partial charge < -0.3 is 14.7 Å². The number of carbonyl (C=O) groups is 1. The molecule has 2 aliphatic rings. The number of anilines is 1. The third-order valence-electron chi connectivity index (χ3n) is 4.73. The van der Waals surface area contributed by atoms with Crippen LogP contribution in [0.4, 0.5) is 10.5 Å². The predicted octanol–water partition coefficient (Wildman–Crippen LogP) is 3.37. The zero-order valence-electron chi connectivity index (χ0n) is 14.4. The van der Waals surface area contributed by atoms with Crippen LogP contribution >= 0.6 is 0 Å². The summed E-state index contributed by atoms with van der Waals surface area (Å²) in [7, 11) is 0. The molecule has 0 radical (unpaired) electrons. The highest BCUT2D eigenvalue weighted by Gasteiger charge is 2.38. The molecular formula is C18H26N2O3. The minimum absolute atomic E-state index is 0.0306. The minimum atomic E-state index is -0.834. The maximum absolute atomic E-state index is 11.7. The van der Waals surface area contributed by atoms with Crippen molar-refractivity contribution in [2.75, 3.05) is 18.0 Å². The van der Waals surface area contributed by atoms with Crippen LogP contribution in [0.3, 0.4) is 0 Å². The molecule has 2 aliphatic heterocycles. The Morgan fingerprint density at radius 1 is 1.39 bits per heavy atom. The zero-order valence-corrected chi connectivity index (χ0v) is 14.4. The van der Waals surface area contributed by atoms with Gasteiger partial charge in [0, 0.05) is 36.3 Å². The molecule has 2 heterocycles. The van der Waals surface area contributed by atoms with Crippen LogP contribution in [0.2, 0.25) is 0 Å². The molecule has 1 saturated heterocycles. The van der Waals surface area contributed by atoms with Gasteiger partial charge in [0.1, 0.15) is 11.9 Å². The fourth-order valence-corrected chi connectivity index (χ4v) is 3.87. The van der Waals surface area contributed by atoms with Crippen LogP contribution in [0.25, 0.3) is 0 Å². The second-order valence-corrected chi connectivity index (χ2v) is 7.60. The van der Waals surface area contributed by atoms with E-state index in [1.165, 1.54) is 11.3 Å². The van der Waals surface area contributed by atoms with E-state index in [1.807, 2.05) is 32.9 Å². The molecule has 23 heavy (non-hydrogen) atoms. The van der Waals surface area contributed by atoms with Gasteiger partial charge in [0.15, 0.2) is 0 Å². The Balaban J connectivity index is 1.81. The van der Waals surface area contributed by atoms with Crippen LogP contribution in [-0.4, -0.2) is 46.9 Å². The quantitative estimate of drug-likeness (QED) is 0.908. The number of fused-ring (bicyclic) bond motifs is 1. The maximum atomic E-state index is 11.7. The molecule has 5 nitrogen and oxygen atoms in total. The standard InChI is InChI=1S/C18H26N2O3/c1-12-10-14-15(6-5-7-16(14)23-12)19-9-8-13(11-19)20(17(21)22)18(2,3)4/h5-7,12-13H,8-11H2,1-4H3,(H,21,22)/t12?,13-/m0/s1. The highest BCUT2D eigenvalue weighted by Crippen LogP contribution is 2.38. The first-order valence-electron chi connectivity index (χ1n) is 8.33. The van der Waals surface area contributed by atoms with E-state index in [1.54, 1.807) is 4.90 Å². The summed E-state index contributed by atoms with van der Waals surface area (Å²) in [6.45, 7) is 9.59. The third-order valence-corrected chi connectivity index (χ3v) is 4.73. The second kappa shape index (κ2) is 5.62. The summed E-state index contributed by atoms with van der Waals surface area (Å²) < 4.78 is 5.84. The average molecular weight is 318 g/mol. The van der Waals surface area contributed by atoms with Crippen LogP contribution in [0, 0.1) is 0 Å². The lowest BCUT2D eigenvalue weighted by Crippen LogP contribution is -2.52. The minimum Gasteiger partial charge on any atom is -0.490 e. The monoisotopic (exact) mass is 318 g/mol. The lowest BCUT2D eigenvalue weighted by Gasteiger charge is -2.38. The van der Waals surface area contributed by atoms with Crippen LogP contribution < -0.4 is 9.64 Å². The van der Waals surface area contributed by atoms with Crippen molar-refractivity contribution in [3.63, 3.8) is 0 Å². The van der Waals surface area contributed by atoms with Crippen molar-refractivity contribution in [2.24, 2.45) is 0 Å². The number of ether oxygens (including phenoxy) is 1. The molecule has 0 saturated carbocycles. The van der Waals surface area contributed by atoms with Gasteiger partial charge in [-0.1, -0.05) is 6.07 Å². The van der Waals surface area contributed by atoms with Gasteiger partial charge in [-0.05, 0) is 46.2 Å². The van der Waals surface area contributed by atoms with Crippen LogP contribution in [-0.2, 0) is 6.42 Å². The van der Waals surface area contributed by atoms with Gasteiger partial charge in [0.25, 0.3) is 0 Å². The first-order chi connectivity index (χ1) is 10.8. The Hall–Kier alpha value is -1.91. The fourth-order valence-electron chi connectivity index (χ4n) is 3.87. The SMILES string of the molecule is CC1Cc2c(cccc2N2CC[C@H](N(C(=O)O)C(C)(C)C)C2)O1. The van der Waals surface area contributed by atoms with Gasteiger partial charge in [-0.3, -0.25) is 4.90 Å². The van der Waals surface area contributed by atoms with E-state index in [0.717, 1.165) is 31.7 Å².